The zero-order valence-corrected chi connectivity index (χ0v) is 17.4. The predicted octanol–water partition coefficient (Wildman–Crippen LogP) is 4.82. The van der Waals surface area contributed by atoms with Gasteiger partial charge in [-0.1, -0.05) is 33.3 Å². The second-order valence-electron chi connectivity index (χ2n) is 8.09. The zero-order chi connectivity index (χ0) is 20.3. The Hall–Kier alpha value is -2.24. The number of hydrogen-bond acceptors (Lipinski definition) is 3. The van der Waals surface area contributed by atoms with Crippen molar-refractivity contribution >= 4 is 5.91 Å². The highest BCUT2D eigenvalue weighted by Gasteiger charge is 2.25. The maximum Gasteiger partial charge on any atom is 0.254 e. The molecule has 0 aliphatic carbocycles. The minimum atomic E-state index is -0.792. The van der Waals surface area contributed by atoms with E-state index in [1.165, 1.54) is 5.56 Å². The number of unbranched alkanes of at least 4 members (excludes halogenated alkanes) is 1. The van der Waals surface area contributed by atoms with Gasteiger partial charge in [0.1, 0.15) is 12.0 Å². The van der Waals surface area contributed by atoms with E-state index in [4.69, 9.17) is 0 Å². The van der Waals surface area contributed by atoms with Crippen molar-refractivity contribution in [2.75, 3.05) is 13.1 Å². The van der Waals surface area contributed by atoms with E-state index in [0.717, 1.165) is 36.2 Å². The number of alkyl halides is 1. The zero-order valence-electron chi connectivity index (χ0n) is 17.4. The Balaban J connectivity index is 1.98. The van der Waals surface area contributed by atoms with E-state index in [9.17, 15) is 9.18 Å². The number of H-pyrrole nitrogens is 1. The Labute approximate surface area is 166 Å². The average molecular weight is 387 g/mol. The molecule has 1 N–H and O–H groups in total. The fraction of sp³-hybridized carbons (Fsp3) is 0.591. The summed E-state index contributed by atoms with van der Waals surface area (Å²) in [5.41, 5.74) is 3.73. The van der Waals surface area contributed by atoms with Gasteiger partial charge in [-0.05, 0) is 49.8 Å². The van der Waals surface area contributed by atoms with E-state index in [1.807, 2.05) is 13.0 Å². The normalized spacial score (nSPS) is 15.4. The summed E-state index contributed by atoms with van der Waals surface area (Å²) in [5, 5.41) is 7.44. The first-order valence-electron chi connectivity index (χ1n) is 10.4. The largest absolute Gasteiger partial charge is 0.338 e. The van der Waals surface area contributed by atoms with Crippen molar-refractivity contribution in [2.45, 2.75) is 71.9 Å². The summed E-state index contributed by atoms with van der Waals surface area (Å²) in [6, 6.07) is 4.04. The van der Waals surface area contributed by atoms with Crippen LogP contribution in [0.2, 0.25) is 0 Å². The van der Waals surface area contributed by atoms with Gasteiger partial charge in [0.2, 0.25) is 0 Å². The smallest absolute Gasteiger partial charge is 0.254 e. The molecule has 0 atom stereocenters. The Morgan fingerprint density at radius 3 is 2.64 bits per heavy atom. The standard InChI is InChI=1S/C22H31FN4O/c1-5-6-7-16-12-15(4)18(22(28)27-10-8-17(23)9-11-27)13-19(16)21-24-20(14(2)3)25-26-21/h12-14,17H,5-11H2,1-4H3,(H,24,25,26). The third kappa shape index (κ3) is 4.42. The van der Waals surface area contributed by atoms with Crippen molar-refractivity contribution in [2.24, 2.45) is 0 Å². The average Bonchev–Trinajstić information content (AvgIpc) is 3.17. The van der Waals surface area contributed by atoms with Crippen LogP contribution in [0.1, 0.15) is 79.7 Å². The molecule has 0 saturated carbocycles. The van der Waals surface area contributed by atoms with Gasteiger partial charge in [-0.3, -0.25) is 9.89 Å². The lowest BCUT2D eigenvalue weighted by molar-refractivity contribution is 0.0666. The third-order valence-electron chi connectivity index (χ3n) is 5.48. The fourth-order valence-electron chi connectivity index (χ4n) is 3.65. The van der Waals surface area contributed by atoms with Crippen molar-refractivity contribution < 1.29 is 9.18 Å². The van der Waals surface area contributed by atoms with Gasteiger partial charge in [0.25, 0.3) is 5.91 Å². The van der Waals surface area contributed by atoms with Crippen LogP contribution in [0, 0.1) is 6.92 Å². The molecule has 5 nitrogen and oxygen atoms in total. The van der Waals surface area contributed by atoms with Crippen LogP contribution in [0.15, 0.2) is 12.1 Å². The van der Waals surface area contributed by atoms with Crippen molar-refractivity contribution in [3.05, 3.63) is 34.6 Å². The summed E-state index contributed by atoms with van der Waals surface area (Å²) in [5.74, 6) is 1.72. The Bertz CT molecular complexity index is 822. The molecule has 1 saturated heterocycles. The number of aryl methyl sites for hydroxylation is 2. The first-order chi connectivity index (χ1) is 13.4. The minimum absolute atomic E-state index is 0.0210. The van der Waals surface area contributed by atoms with E-state index < -0.39 is 6.17 Å². The number of hydrogen-bond donors (Lipinski definition) is 1. The molecule has 0 spiro atoms. The lowest BCUT2D eigenvalue weighted by atomic mass is 9.94. The third-order valence-corrected chi connectivity index (χ3v) is 5.48. The highest BCUT2D eigenvalue weighted by atomic mass is 19.1. The van der Waals surface area contributed by atoms with Gasteiger partial charge in [0, 0.05) is 30.1 Å². The first kappa shape index (κ1) is 20.5. The van der Waals surface area contributed by atoms with Crippen LogP contribution < -0.4 is 0 Å². The van der Waals surface area contributed by atoms with Gasteiger partial charge in [-0.2, -0.15) is 5.10 Å². The van der Waals surface area contributed by atoms with Crippen LogP contribution in [-0.2, 0) is 6.42 Å². The summed E-state index contributed by atoms with van der Waals surface area (Å²) in [6.45, 7) is 9.24. The molecule has 28 heavy (non-hydrogen) atoms. The van der Waals surface area contributed by atoms with Crippen LogP contribution in [0.5, 0.6) is 0 Å². The number of likely N-dealkylation sites (tertiary alicyclic amines) is 1. The van der Waals surface area contributed by atoms with Crippen molar-refractivity contribution in [3.8, 4) is 11.4 Å². The van der Waals surface area contributed by atoms with Crippen LogP contribution in [0.3, 0.4) is 0 Å². The van der Waals surface area contributed by atoms with Gasteiger partial charge < -0.3 is 4.90 Å². The van der Waals surface area contributed by atoms with E-state index in [2.05, 4.69) is 42.0 Å². The van der Waals surface area contributed by atoms with Gasteiger partial charge in [-0.25, -0.2) is 9.37 Å². The van der Waals surface area contributed by atoms with E-state index >= 15 is 0 Å². The van der Waals surface area contributed by atoms with Gasteiger partial charge in [-0.15, -0.1) is 0 Å². The van der Waals surface area contributed by atoms with Crippen molar-refractivity contribution in [1.82, 2.24) is 20.1 Å². The Kier molecular flexibility index (Phi) is 6.47. The molecule has 3 rings (SSSR count). The van der Waals surface area contributed by atoms with Crippen molar-refractivity contribution in [3.63, 3.8) is 0 Å². The number of aromatic nitrogens is 3. The second-order valence-corrected chi connectivity index (χ2v) is 8.09. The number of rotatable bonds is 6. The SMILES string of the molecule is CCCCc1cc(C)c(C(=O)N2CCC(F)CC2)cc1-c1n[nH]c(C(C)C)n1. The highest BCUT2D eigenvalue weighted by Crippen LogP contribution is 2.28. The molecule has 1 aromatic heterocycles. The number of carbonyl (C=O) groups excluding carboxylic acids is 1. The molecule has 2 aromatic rings. The summed E-state index contributed by atoms with van der Waals surface area (Å²) >= 11 is 0. The van der Waals surface area contributed by atoms with Gasteiger partial charge in [0.05, 0.1) is 0 Å². The van der Waals surface area contributed by atoms with Crippen molar-refractivity contribution in [1.29, 1.82) is 0 Å². The maximum atomic E-state index is 13.5. The Morgan fingerprint density at radius 2 is 2.04 bits per heavy atom. The molecule has 1 fully saturated rings. The van der Waals surface area contributed by atoms with Crippen LogP contribution in [-0.4, -0.2) is 45.2 Å². The number of nitrogens with one attached hydrogen (secondary N) is 1. The van der Waals surface area contributed by atoms with Crippen LogP contribution >= 0.6 is 0 Å². The molecule has 0 unspecified atom stereocenters. The van der Waals surface area contributed by atoms with E-state index in [1.54, 1.807) is 4.90 Å². The molecular formula is C22H31FN4O. The quantitative estimate of drug-likeness (QED) is 0.774. The number of piperidine rings is 1. The van der Waals surface area contributed by atoms with E-state index in [0.29, 0.717) is 37.3 Å². The monoisotopic (exact) mass is 386 g/mol. The van der Waals surface area contributed by atoms with E-state index in [-0.39, 0.29) is 11.8 Å². The molecule has 1 aromatic carbocycles. The van der Waals surface area contributed by atoms with Crippen LogP contribution in [0.25, 0.3) is 11.4 Å². The Morgan fingerprint density at radius 1 is 1.32 bits per heavy atom. The summed E-state index contributed by atoms with van der Waals surface area (Å²) in [7, 11) is 0. The van der Waals surface area contributed by atoms with Gasteiger partial charge >= 0.3 is 0 Å². The number of carbonyl (C=O) groups is 1. The summed E-state index contributed by atoms with van der Waals surface area (Å²) < 4.78 is 13.5. The number of aromatic amines is 1. The minimum Gasteiger partial charge on any atom is -0.338 e. The molecule has 1 aliphatic rings. The number of nitrogens with zero attached hydrogens (tertiary/aromatic N) is 3. The fourth-order valence-corrected chi connectivity index (χ4v) is 3.65. The molecule has 2 heterocycles. The summed E-state index contributed by atoms with van der Waals surface area (Å²) in [4.78, 5) is 19.5. The molecule has 1 aliphatic heterocycles. The molecule has 0 bridgehead atoms. The number of halogens is 1. The number of benzene rings is 1. The molecular weight excluding hydrogens is 355 g/mol. The molecule has 1 amide bonds. The topological polar surface area (TPSA) is 61.9 Å². The van der Waals surface area contributed by atoms with Crippen LogP contribution in [0.4, 0.5) is 4.39 Å². The molecule has 152 valence electrons. The lowest BCUT2D eigenvalue weighted by Gasteiger charge is -2.29. The maximum absolute atomic E-state index is 13.5. The molecule has 6 heteroatoms. The lowest BCUT2D eigenvalue weighted by Crippen LogP contribution is -2.39. The van der Waals surface area contributed by atoms with Gasteiger partial charge in [0.15, 0.2) is 5.82 Å². The predicted molar refractivity (Wildman–Crippen MR) is 109 cm³/mol. The number of amides is 1. The first-order valence-corrected chi connectivity index (χ1v) is 10.4. The second kappa shape index (κ2) is 8.84. The highest BCUT2D eigenvalue weighted by molar-refractivity contribution is 5.97. The summed E-state index contributed by atoms with van der Waals surface area (Å²) in [6.07, 6.45) is 3.16. The molecule has 0 radical (unpaired) electrons.